The Morgan fingerprint density at radius 3 is 2.43 bits per heavy atom. The quantitative estimate of drug-likeness (QED) is 0.417. The fraction of sp³-hybridized carbons (Fsp3) is 0.611. The summed E-state index contributed by atoms with van der Waals surface area (Å²) < 4.78 is 11.1. The van der Waals surface area contributed by atoms with Gasteiger partial charge in [0.25, 0.3) is 0 Å². The number of unbranched alkanes of at least 4 members (excludes halogenated alkanes) is 1. The Morgan fingerprint density at radius 2 is 1.83 bits per heavy atom. The normalized spacial score (nSPS) is 12.1. The third-order valence-corrected chi connectivity index (χ3v) is 3.61. The molecule has 0 radical (unpaired) electrons. The fourth-order valence-electron chi connectivity index (χ4n) is 1.85. The maximum atomic E-state index is 5.71. The molecule has 0 spiro atoms. The minimum Gasteiger partial charge on any atom is -0.494 e. The van der Waals surface area contributed by atoms with E-state index < -0.39 is 0 Å². The highest BCUT2D eigenvalue weighted by atomic mass is 16.5. The molecule has 0 amide bonds. The van der Waals surface area contributed by atoms with Crippen LogP contribution >= 0.6 is 0 Å². The van der Waals surface area contributed by atoms with Crippen LogP contribution in [-0.2, 0) is 4.74 Å². The summed E-state index contributed by atoms with van der Waals surface area (Å²) in [5.74, 6) is 1.73. The molecule has 1 rings (SSSR count). The molecule has 1 aromatic carbocycles. The summed E-state index contributed by atoms with van der Waals surface area (Å²) in [7, 11) is 3.49. The summed E-state index contributed by atoms with van der Waals surface area (Å²) in [6, 6.07) is 8.15. The van der Waals surface area contributed by atoms with E-state index in [1.54, 1.807) is 14.2 Å². The topological polar surface area (TPSA) is 54.9 Å². The van der Waals surface area contributed by atoms with E-state index >= 15 is 0 Å². The lowest BCUT2D eigenvalue weighted by Crippen LogP contribution is -2.45. The van der Waals surface area contributed by atoms with Gasteiger partial charge in [-0.15, -0.1) is 0 Å². The van der Waals surface area contributed by atoms with Gasteiger partial charge in [-0.3, -0.25) is 4.99 Å². The second-order valence-electron chi connectivity index (χ2n) is 6.18. The van der Waals surface area contributed by atoms with Crippen LogP contribution < -0.4 is 15.4 Å². The predicted molar refractivity (Wildman–Crippen MR) is 96.4 cm³/mol. The molecule has 0 saturated carbocycles. The summed E-state index contributed by atoms with van der Waals surface area (Å²) in [6.45, 7) is 8.45. The number of benzene rings is 1. The number of nitrogens with zero attached hydrogens (tertiary/aromatic N) is 1. The molecule has 0 heterocycles. The molecule has 23 heavy (non-hydrogen) atoms. The van der Waals surface area contributed by atoms with Crippen molar-refractivity contribution < 1.29 is 9.47 Å². The van der Waals surface area contributed by atoms with Gasteiger partial charge in [-0.2, -0.15) is 0 Å². The Balaban J connectivity index is 2.12. The number of hydrogen-bond acceptors (Lipinski definition) is 3. The lowest BCUT2D eigenvalue weighted by atomic mass is 10.1. The summed E-state index contributed by atoms with van der Waals surface area (Å²) in [6.07, 6.45) is 2.03. The van der Waals surface area contributed by atoms with Gasteiger partial charge in [0.05, 0.1) is 12.2 Å². The zero-order valence-corrected chi connectivity index (χ0v) is 15.1. The summed E-state index contributed by atoms with van der Waals surface area (Å²) in [5.41, 5.74) is 1.04. The van der Waals surface area contributed by atoms with E-state index in [-0.39, 0.29) is 5.60 Å². The van der Waals surface area contributed by atoms with Crippen molar-refractivity contribution in [2.45, 2.75) is 39.2 Å². The maximum absolute atomic E-state index is 5.71. The number of methoxy groups -OCH3 is 1. The van der Waals surface area contributed by atoms with Crippen LogP contribution in [0.1, 0.15) is 32.3 Å². The van der Waals surface area contributed by atoms with Crippen molar-refractivity contribution in [2.75, 3.05) is 33.9 Å². The predicted octanol–water partition coefficient (Wildman–Crippen LogP) is 2.74. The van der Waals surface area contributed by atoms with Crippen LogP contribution in [0.4, 0.5) is 0 Å². The van der Waals surface area contributed by atoms with E-state index in [9.17, 15) is 0 Å². The van der Waals surface area contributed by atoms with Gasteiger partial charge in [0.1, 0.15) is 5.75 Å². The van der Waals surface area contributed by atoms with E-state index in [0.29, 0.717) is 6.54 Å². The smallest absolute Gasteiger partial charge is 0.191 e. The molecule has 0 aliphatic carbocycles. The third-order valence-electron chi connectivity index (χ3n) is 3.61. The van der Waals surface area contributed by atoms with Crippen molar-refractivity contribution in [2.24, 2.45) is 4.99 Å². The Morgan fingerprint density at radius 1 is 1.13 bits per heavy atom. The van der Waals surface area contributed by atoms with Gasteiger partial charge in [-0.1, -0.05) is 17.7 Å². The second kappa shape index (κ2) is 10.1. The Hall–Kier alpha value is -1.75. The van der Waals surface area contributed by atoms with Crippen molar-refractivity contribution >= 4 is 5.96 Å². The number of ether oxygens (including phenoxy) is 2. The number of guanidine groups is 1. The molecule has 5 heteroatoms. The third kappa shape index (κ3) is 8.45. The second-order valence-corrected chi connectivity index (χ2v) is 6.18. The standard InChI is InChI=1S/C18H31N3O2/c1-15-8-10-16(11-9-15)23-13-7-6-12-20-17(19-4)21-14-18(2,3)22-5/h8-11H,6-7,12-14H2,1-5H3,(H2,19,20,21). The van der Waals surface area contributed by atoms with Gasteiger partial charge in [-0.25, -0.2) is 0 Å². The molecule has 0 fully saturated rings. The molecule has 0 atom stereocenters. The first-order valence-corrected chi connectivity index (χ1v) is 8.16. The monoisotopic (exact) mass is 321 g/mol. The minimum absolute atomic E-state index is 0.209. The Bertz CT molecular complexity index is 470. The summed E-state index contributed by atoms with van der Waals surface area (Å²) in [5, 5.41) is 6.57. The highest BCUT2D eigenvalue weighted by Crippen LogP contribution is 2.11. The van der Waals surface area contributed by atoms with E-state index in [1.165, 1.54) is 5.56 Å². The van der Waals surface area contributed by atoms with E-state index in [1.807, 2.05) is 26.0 Å². The van der Waals surface area contributed by atoms with Crippen molar-refractivity contribution in [3.05, 3.63) is 29.8 Å². The van der Waals surface area contributed by atoms with Crippen LogP contribution in [0.15, 0.2) is 29.3 Å². The number of aryl methyl sites for hydroxylation is 1. The lowest BCUT2D eigenvalue weighted by Gasteiger charge is -2.24. The van der Waals surface area contributed by atoms with Crippen LogP contribution in [-0.4, -0.2) is 45.4 Å². The van der Waals surface area contributed by atoms with E-state index in [0.717, 1.165) is 37.7 Å². The van der Waals surface area contributed by atoms with E-state index in [4.69, 9.17) is 9.47 Å². The number of rotatable bonds is 9. The lowest BCUT2D eigenvalue weighted by molar-refractivity contribution is 0.0268. The molecule has 0 aromatic heterocycles. The zero-order chi connectivity index (χ0) is 17.1. The molecule has 1 aromatic rings. The van der Waals surface area contributed by atoms with Gasteiger partial charge in [0.2, 0.25) is 0 Å². The first-order chi connectivity index (χ1) is 11.0. The molecule has 2 N–H and O–H groups in total. The first kappa shape index (κ1) is 19.3. The van der Waals surface area contributed by atoms with Crippen molar-refractivity contribution in [3.63, 3.8) is 0 Å². The van der Waals surface area contributed by atoms with Gasteiger partial charge < -0.3 is 20.1 Å². The van der Waals surface area contributed by atoms with Crippen LogP contribution in [0, 0.1) is 6.92 Å². The van der Waals surface area contributed by atoms with Crippen molar-refractivity contribution in [1.29, 1.82) is 0 Å². The van der Waals surface area contributed by atoms with Crippen LogP contribution in [0.3, 0.4) is 0 Å². The molecule has 5 nitrogen and oxygen atoms in total. The van der Waals surface area contributed by atoms with Gasteiger partial charge in [0, 0.05) is 27.2 Å². The Labute approximate surface area is 140 Å². The molecular formula is C18H31N3O2. The molecule has 130 valence electrons. The average molecular weight is 321 g/mol. The Kier molecular flexibility index (Phi) is 8.48. The van der Waals surface area contributed by atoms with Crippen LogP contribution in [0.2, 0.25) is 0 Å². The maximum Gasteiger partial charge on any atom is 0.191 e. The average Bonchev–Trinajstić information content (AvgIpc) is 2.55. The summed E-state index contributed by atoms with van der Waals surface area (Å²) in [4.78, 5) is 4.21. The van der Waals surface area contributed by atoms with Crippen LogP contribution in [0.25, 0.3) is 0 Å². The van der Waals surface area contributed by atoms with E-state index in [2.05, 4.69) is 34.7 Å². The number of aliphatic imine (C=N–C) groups is 1. The molecule has 0 aliphatic heterocycles. The molecule has 0 aliphatic rings. The fourth-order valence-corrected chi connectivity index (χ4v) is 1.85. The minimum atomic E-state index is -0.209. The first-order valence-electron chi connectivity index (χ1n) is 8.16. The summed E-state index contributed by atoms with van der Waals surface area (Å²) >= 11 is 0. The highest BCUT2D eigenvalue weighted by molar-refractivity contribution is 5.79. The highest BCUT2D eigenvalue weighted by Gasteiger charge is 2.16. The van der Waals surface area contributed by atoms with Crippen molar-refractivity contribution in [3.8, 4) is 5.75 Å². The SMILES string of the molecule is CN=C(NCCCCOc1ccc(C)cc1)NCC(C)(C)OC. The van der Waals surface area contributed by atoms with Gasteiger partial charge in [0.15, 0.2) is 5.96 Å². The molecular weight excluding hydrogens is 290 g/mol. The zero-order valence-electron chi connectivity index (χ0n) is 15.1. The number of nitrogens with one attached hydrogen (secondary N) is 2. The van der Waals surface area contributed by atoms with Crippen molar-refractivity contribution in [1.82, 2.24) is 10.6 Å². The van der Waals surface area contributed by atoms with Crippen LogP contribution in [0.5, 0.6) is 5.75 Å². The van der Waals surface area contributed by atoms with Gasteiger partial charge in [-0.05, 0) is 45.7 Å². The number of hydrogen-bond donors (Lipinski definition) is 2. The van der Waals surface area contributed by atoms with Gasteiger partial charge >= 0.3 is 0 Å². The molecule has 0 saturated heterocycles. The molecule has 0 bridgehead atoms. The largest absolute Gasteiger partial charge is 0.494 e. The molecule has 0 unspecified atom stereocenters.